The number of hydrogen-bond acceptors (Lipinski definition) is 3. The summed E-state index contributed by atoms with van der Waals surface area (Å²) >= 11 is 7.48. The highest BCUT2D eigenvalue weighted by Gasteiger charge is 2.05. The van der Waals surface area contributed by atoms with Crippen molar-refractivity contribution in [3.63, 3.8) is 0 Å². The molecule has 0 unspecified atom stereocenters. The van der Waals surface area contributed by atoms with Crippen LogP contribution in [0.25, 0.3) is 0 Å². The highest BCUT2D eigenvalue weighted by atomic mass is 35.5. The molecule has 1 aromatic carbocycles. The number of halogens is 1. The Hall–Kier alpha value is -0.870. The van der Waals surface area contributed by atoms with Crippen LogP contribution in [0.15, 0.2) is 28.3 Å². The van der Waals surface area contributed by atoms with Crippen LogP contribution >= 0.6 is 23.4 Å². The molecule has 0 fully saturated rings. The maximum absolute atomic E-state index is 8.44. The van der Waals surface area contributed by atoms with Crippen molar-refractivity contribution in [1.82, 2.24) is 0 Å². The first-order valence-corrected chi connectivity index (χ1v) is 5.10. The molecule has 0 aliphatic rings. The van der Waals surface area contributed by atoms with Crippen LogP contribution in [0.4, 0.5) is 0 Å². The predicted molar refractivity (Wildman–Crippen MR) is 55.7 cm³/mol. The largest absolute Gasteiger partial charge is 0.409 e. The fourth-order valence-electron chi connectivity index (χ4n) is 0.884. The normalized spacial score (nSPS) is 11.7. The van der Waals surface area contributed by atoms with Crippen LogP contribution in [0.2, 0.25) is 5.02 Å². The van der Waals surface area contributed by atoms with E-state index in [1.165, 1.54) is 0 Å². The van der Waals surface area contributed by atoms with Gasteiger partial charge in [0.2, 0.25) is 0 Å². The summed E-state index contributed by atoms with van der Waals surface area (Å²) in [6, 6.07) is 5.37. The van der Waals surface area contributed by atoms with Gasteiger partial charge < -0.3 is 10.9 Å². The lowest BCUT2D eigenvalue weighted by atomic mass is 10.2. The van der Waals surface area contributed by atoms with Crippen molar-refractivity contribution >= 4 is 29.2 Å². The second-order valence-corrected chi connectivity index (χ2v) is 3.62. The second-order valence-electron chi connectivity index (χ2n) is 2.33. The van der Waals surface area contributed by atoms with Crippen LogP contribution in [0, 0.1) is 0 Å². The molecule has 0 radical (unpaired) electrons. The van der Waals surface area contributed by atoms with E-state index in [0.717, 1.165) is 4.90 Å². The summed E-state index contributed by atoms with van der Waals surface area (Å²) in [6.45, 7) is 0. The van der Waals surface area contributed by atoms with Crippen LogP contribution in [0.1, 0.15) is 5.56 Å². The summed E-state index contributed by atoms with van der Waals surface area (Å²) in [6.07, 6.45) is 1.95. The van der Waals surface area contributed by atoms with E-state index in [1.54, 1.807) is 23.9 Å². The first-order valence-electron chi connectivity index (χ1n) is 3.50. The van der Waals surface area contributed by atoms with Crippen LogP contribution in [0.5, 0.6) is 0 Å². The van der Waals surface area contributed by atoms with E-state index < -0.39 is 0 Å². The second kappa shape index (κ2) is 4.39. The average Bonchev–Trinajstić information content (AvgIpc) is 2.16. The minimum Gasteiger partial charge on any atom is -0.409 e. The maximum Gasteiger partial charge on any atom is 0.171 e. The number of amidine groups is 1. The predicted octanol–water partition coefficient (Wildman–Crippen LogP) is 2.16. The monoisotopic (exact) mass is 216 g/mol. The lowest BCUT2D eigenvalue weighted by Gasteiger charge is -2.03. The lowest BCUT2D eigenvalue weighted by molar-refractivity contribution is 0.318. The van der Waals surface area contributed by atoms with Gasteiger partial charge in [0.1, 0.15) is 0 Å². The zero-order valence-corrected chi connectivity index (χ0v) is 8.56. The zero-order chi connectivity index (χ0) is 9.84. The molecule has 3 N–H and O–H groups in total. The molecule has 13 heavy (non-hydrogen) atoms. The Kier molecular flexibility index (Phi) is 3.45. The van der Waals surface area contributed by atoms with Gasteiger partial charge >= 0.3 is 0 Å². The van der Waals surface area contributed by atoms with Crippen molar-refractivity contribution < 1.29 is 5.21 Å². The third-order valence-electron chi connectivity index (χ3n) is 1.56. The topological polar surface area (TPSA) is 58.6 Å². The molecule has 70 valence electrons. The van der Waals surface area contributed by atoms with Gasteiger partial charge in [0, 0.05) is 10.5 Å². The SMILES string of the molecule is CSc1ccc(C(N)=NO)c(Cl)c1. The fraction of sp³-hybridized carbons (Fsp3) is 0.125. The van der Waals surface area contributed by atoms with Gasteiger partial charge in [-0.3, -0.25) is 0 Å². The molecule has 1 aromatic rings. The molecule has 0 heterocycles. The van der Waals surface area contributed by atoms with E-state index in [1.807, 2.05) is 12.3 Å². The maximum atomic E-state index is 8.44. The Morgan fingerprint density at radius 2 is 2.31 bits per heavy atom. The smallest absolute Gasteiger partial charge is 0.171 e. The van der Waals surface area contributed by atoms with Crippen molar-refractivity contribution in [3.8, 4) is 0 Å². The molecule has 0 bridgehead atoms. The van der Waals surface area contributed by atoms with Crippen LogP contribution in [-0.4, -0.2) is 17.3 Å². The van der Waals surface area contributed by atoms with E-state index in [9.17, 15) is 0 Å². The van der Waals surface area contributed by atoms with E-state index >= 15 is 0 Å². The van der Waals surface area contributed by atoms with Crippen molar-refractivity contribution in [2.45, 2.75) is 4.90 Å². The number of rotatable bonds is 2. The van der Waals surface area contributed by atoms with Gasteiger partial charge in [-0.25, -0.2) is 0 Å². The average molecular weight is 217 g/mol. The number of nitrogens with zero attached hydrogens (tertiary/aromatic N) is 1. The fourth-order valence-corrected chi connectivity index (χ4v) is 1.67. The first-order chi connectivity index (χ1) is 6.19. The standard InChI is InChI=1S/C8H9ClN2OS/c1-13-5-2-3-6(7(9)4-5)8(10)11-12/h2-4,12H,1H3,(H2,10,11). The van der Waals surface area contributed by atoms with Crippen molar-refractivity contribution in [1.29, 1.82) is 0 Å². The van der Waals surface area contributed by atoms with Gasteiger partial charge in [-0.1, -0.05) is 16.8 Å². The summed E-state index contributed by atoms with van der Waals surface area (Å²) in [5.41, 5.74) is 5.94. The third kappa shape index (κ3) is 2.29. The van der Waals surface area contributed by atoms with Gasteiger partial charge in [-0.2, -0.15) is 0 Å². The number of thioether (sulfide) groups is 1. The molecule has 5 heteroatoms. The Labute approximate surface area is 85.6 Å². The summed E-state index contributed by atoms with van der Waals surface area (Å²) in [7, 11) is 0. The molecule has 1 rings (SSSR count). The van der Waals surface area contributed by atoms with Gasteiger partial charge in [0.25, 0.3) is 0 Å². The molecule has 0 aliphatic carbocycles. The van der Waals surface area contributed by atoms with Gasteiger partial charge in [-0.15, -0.1) is 11.8 Å². The highest BCUT2D eigenvalue weighted by Crippen LogP contribution is 2.22. The Bertz CT molecular complexity index is 341. The molecular weight excluding hydrogens is 208 g/mol. The zero-order valence-electron chi connectivity index (χ0n) is 6.99. The molecule has 3 nitrogen and oxygen atoms in total. The van der Waals surface area contributed by atoms with Gasteiger partial charge in [-0.05, 0) is 24.5 Å². The summed E-state index contributed by atoms with van der Waals surface area (Å²) < 4.78 is 0. The molecule has 0 saturated heterocycles. The molecule has 0 saturated carbocycles. The number of hydrogen-bond donors (Lipinski definition) is 2. The van der Waals surface area contributed by atoms with Gasteiger partial charge in [0.15, 0.2) is 5.84 Å². The van der Waals surface area contributed by atoms with E-state index in [-0.39, 0.29) is 5.84 Å². The first kappa shape index (κ1) is 10.2. The quantitative estimate of drug-likeness (QED) is 0.262. The number of oxime groups is 1. The molecule has 0 aromatic heterocycles. The lowest BCUT2D eigenvalue weighted by Crippen LogP contribution is -2.13. The summed E-state index contributed by atoms with van der Waals surface area (Å²) in [5, 5.41) is 11.8. The minimum atomic E-state index is 0.0256. The highest BCUT2D eigenvalue weighted by molar-refractivity contribution is 7.98. The van der Waals surface area contributed by atoms with Crippen molar-refractivity contribution in [2.75, 3.05) is 6.26 Å². The molecule has 0 spiro atoms. The van der Waals surface area contributed by atoms with Crippen LogP contribution in [0.3, 0.4) is 0 Å². The van der Waals surface area contributed by atoms with Gasteiger partial charge in [0.05, 0.1) is 5.02 Å². The Morgan fingerprint density at radius 1 is 1.62 bits per heavy atom. The summed E-state index contributed by atoms with van der Waals surface area (Å²) in [4.78, 5) is 1.04. The Balaban J connectivity index is 3.12. The molecule has 0 aliphatic heterocycles. The molecule has 0 amide bonds. The minimum absolute atomic E-state index is 0.0256. The van der Waals surface area contributed by atoms with Crippen LogP contribution in [-0.2, 0) is 0 Å². The van der Waals surface area contributed by atoms with Crippen LogP contribution < -0.4 is 5.73 Å². The number of benzene rings is 1. The van der Waals surface area contributed by atoms with E-state index in [2.05, 4.69) is 5.16 Å². The number of nitrogens with two attached hydrogens (primary N) is 1. The third-order valence-corrected chi connectivity index (χ3v) is 2.60. The van der Waals surface area contributed by atoms with Crippen molar-refractivity contribution in [2.24, 2.45) is 10.9 Å². The van der Waals surface area contributed by atoms with E-state index in [0.29, 0.717) is 10.6 Å². The van der Waals surface area contributed by atoms with E-state index in [4.69, 9.17) is 22.5 Å². The molecular formula is C8H9ClN2OS. The summed E-state index contributed by atoms with van der Waals surface area (Å²) in [5.74, 6) is 0.0256. The molecule has 0 atom stereocenters. The van der Waals surface area contributed by atoms with Crippen molar-refractivity contribution in [3.05, 3.63) is 28.8 Å². The Morgan fingerprint density at radius 3 is 2.77 bits per heavy atom.